The normalized spacial score (nSPS) is 19.0. The van der Waals surface area contributed by atoms with Gasteiger partial charge in [0.25, 0.3) is 0 Å². The third kappa shape index (κ3) is 3.62. The SMILES string of the molecule is CCNC(C)c1cc(Br)ccc1N1CCC(CC)(CC)C1. The lowest BCUT2D eigenvalue weighted by atomic mass is 9.82. The van der Waals surface area contributed by atoms with Crippen molar-refractivity contribution in [3.05, 3.63) is 28.2 Å². The molecule has 0 spiro atoms. The van der Waals surface area contributed by atoms with Crippen molar-refractivity contribution in [2.24, 2.45) is 5.41 Å². The van der Waals surface area contributed by atoms with E-state index in [1.807, 2.05) is 0 Å². The first-order valence-corrected chi connectivity index (χ1v) is 9.12. The molecule has 118 valence electrons. The minimum Gasteiger partial charge on any atom is -0.371 e. The van der Waals surface area contributed by atoms with Crippen LogP contribution in [0.1, 0.15) is 58.6 Å². The maximum absolute atomic E-state index is 3.63. The van der Waals surface area contributed by atoms with Crippen molar-refractivity contribution in [3.8, 4) is 0 Å². The van der Waals surface area contributed by atoms with E-state index >= 15 is 0 Å². The third-order valence-electron chi connectivity index (χ3n) is 5.25. The fourth-order valence-electron chi connectivity index (χ4n) is 3.54. The van der Waals surface area contributed by atoms with E-state index in [0.717, 1.165) is 6.54 Å². The Hall–Kier alpha value is -0.540. The molecule has 1 aromatic carbocycles. The first-order chi connectivity index (χ1) is 10.0. The number of hydrogen-bond acceptors (Lipinski definition) is 2. The number of hydrogen-bond donors (Lipinski definition) is 1. The van der Waals surface area contributed by atoms with Gasteiger partial charge in [-0.3, -0.25) is 0 Å². The lowest BCUT2D eigenvalue weighted by Crippen LogP contribution is -2.28. The van der Waals surface area contributed by atoms with Crippen molar-refractivity contribution in [2.45, 2.75) is 53.0 Å². The van der Waals surface area contributed by atoms with Crippen LogP contribution in [0, 0.1) is 5.41 Å². The van der Waals surface area contributed by atoms with Gasteiger partial charge in [0, 0.05) is 29.3 Å². The summed E-state index contributed by atoms with van der Waals surface area (Å²) in [4.78, 5) is 2.60. The predicted molar refractivity (Wildman–Crippen MR) is 96.1 cm³/mol. The van der Waals surface area contributed by atoms with Crippen molar-refractivity contribution in [3.63, 3.8) is 0 Å². The molecule has 1 fully saturated rings. The topological polar surface area (TPSA) is 15.3 Å². The monoisotopic (exact) mass is 352 g/mol. The molecule has 3 heteroatoms. The van der Waals surface area contributed by atoms with Gasteiger partial charge in [-0.2, -0.15) is 0 Å². The molecule has 0 aromatic heterocycles. The molecule has 1 aliphatic rings. The maximum atomic E-state index is 3.63. The lowest BCUT2D eigenvalue weighted by Gasteiger charge is -2.29. The van der Waals surface area contributed by atoms with E-state index in [2.05, 4.69) is 72.0 Å². The first-order valence-electron chi connectivity index (χ1n) is 8.33. The number of benzene rings is 1. The van der Waals surface area contributed by atoms with Crippen molar-refractivity contribution < 1.29 is 0 Å². The van der Waals surface area contributed by atoms with Gasteiger partial charge in [-0.05, 0) is 61.9 Å². The summed E-state index contributed by atoms with van der Waals surface area (Å²) >= 11 is 3.63. The van der Waals surface area contributed by atoms with Gasteiger partial charge >= 0.3 is 0 Å². The lowest BCUT2D eigenvalue weighted by molar-refractivity contribution is 0.301. The van der Waals surface area contributed by atoms with Gasteiger partial charge < -0.3 is 10.2 Å². The van der Waals surface area contributed by atoms with Gasteiger partial charge in [0.2, 0.25) is 0 Å². The van der Waals surface area contributed by atoms with Gasteiger partial charge in [-0.15, -0.1) is 0 Å². The molecule has 0 bridgehead atoms. The molecule has 1 atom stereocenters. The Morgan fingerprint density at radius 1 is 1.29 bits per heavy atom. The highest BCUT2D eigenvalue weighted by molar-refractivity contribution is 9.10. The molecule has 2 nitrogen and oxygen atoms in total. The molecule has 0 aliphatic carbocycles. The zero-order valence-corrected chi connectivity index (χ0v) is 15.5. The van der Waals surface area contributed by atoms with E-state index in [1.165, 1.54) is 48.1 Å². The first kappa shape index (κ1) is 16.8. The fourth-order valence-corrected chi connectivity index (χ4v) is 3.92. The molecule has 1 N–H and O–H groups in total. The largest absolute Gasteiger partial charge is 0.371 e. The second-order valence-electron chi connectivity index (χ2n) is 6.36. The Bertz CT molecular complexity index is 468. The summed E-state index contributed by atoms with van der Waals surface area (Å²) in [5, 5.41) is 3.55. The molecule has 1 saturated heterocycles. The van der Waals surface area contributed by atoms with Crippen molar-refractivity contribution in [2.75, 3.05) is 24.5 Å². The molecule has 0 amide bonds. The minimum absolute atomic E-state index is 0.390. The number of nitrogens with zero attached hydrogens (tertiary/aromatic N) is 1. The van der Waals surface area contributed by atoms with Crippen molar-refractivity contribution in [1.29, 1.82) is 0 Å². The molecule has 0 radical (unpaired) electrons. The van der Waals surface area contributed by atoms with E-state index < -0.39 is 0 Å². The van der Waals surface area contributed by atoms with E-state index in [-0.39, 0.29) is 0 Å². The Morgan fingerprint density at radius 3 is 2.57 bits per heavy atom. The highest BCUT2D eigenvalue weighted by Gasteiger charge is 2.35. The Labute approximate surface area is 138 Å². The minimum atomic E-state index is 0.390. The van der Waals surface area contributed by atoms with Gasteiger partial charge in [-0.1, -0.05) is 36.7 Å². The van der Waals surface area contributed by atoms with Gasteiger partial charge in [-0.25, -0.2) is 0 Å². The van der Waals surface area contributed by atoms with Crippen LogP contribution < -0.4 is 10.2 Å². The van der Waals surface area contributed by atoms with Crippen LogP contribution in [0.3, 0.4) is 0 Å². The average molecular weight is 353 g/mol. The quantitative estimate of drug-likeness (QED) is 0.762. The Morgan fingerprint density at radius 2 is 2.00 bits per heavy atom. The fraction of sp³-hybridized carbons (Fsp3) is 0.667. The standard InChI is InChI=1S/C18H29BrN2/c1-5-18(6-2)10-11-21(13-18)17-9-8-15(19)12-16(17)14(4)20-7-3/h8-9,12,14,20H,5-7,10-11,13H2,1-4H3. The highest BCUT2D eigenvalue weighted by Crippen LogP contribution is 2.41. The summed E-state index contributed by atoms with van der Waals surface area (Å²) in [6, 6.07) is 7.13. The van der Waals surface area contributed by atoms with Gasteiger partial charge in [0.15, 0.2) is 0 Å². The van der Waals surface area contributed by atoms with Gasteiger partial charge in [0.05, 0.1) is 0 Å². The van der Waals surface area contributed by atoms with Crippen molar-refractivity contribution in [1.82, 2.24) is 5.32 Å². The molecular formula is C18H29BrN2. The van der Waals surface area contributed by atoms with Crippen LogP contribution in [0.4, 0.5) is 5.69 Å². The molecular weight excluding hydrogens is 324 g/mol. The zero-order valence-electron chi connectivity index (χ0n) is 13.9. The third-order valence-corrected chi connectivity index (χ3v) is 5.74. The molecule has 21 heavy (non-hydrogen) atoms. The number of halogens is 1. The second kappa shape index (κ2) is 7.15. The van der Waals surface area contributed by atoms with Crippen LogP contribution in [-0.4, -0.2) is 19.6 Å². The van der Waals surface area contributed by atoms with Crippen LogP contribution in [0.25, 0.3) is 0 Å². The Balaban J connectivity index is 2.28. The second-order valence-corrected chi connectivity index (χ2v) is 7.28. The molecule has 1 heterocycles. The van der Waals surface area contributed by atoms with Gasteiger partial charge in [0.1, 0.15) is 0 Å². The molecule has 0 saturated carbocycles. The van der Waals surface area contributed by atoms with Crippen molar-refractivity contribution >= 4 is 21.6 Å². The van der Waals surface area contributed by atoms with Crippen LogP contribution in [-0.2, 0) is 0 Å². The van der Waals surface area contributed by atoms with Crippen LogP contribution >= 0.6 is 15.9 Å². The van der Waals surface area contributed by atoms with Crippen LogP contribution in [0.2, 0.25) is 0 Å². The highest BCUT2D eigenvalue weighted by atomic mass is 79.9. The summed E-state index contributed by atoms with van der Waals surface area (Å²) in [5.74, 6) is 0. The average Bonchev–Trinajstić information content (AvgIpc) is 2.92. The zero-order chi connectivity index (χ0) is 15.5. The van der Waals surface area contributed by atoms with E-state index in [1.54, 1.807) is 0 Å². The summed E-state index contributed by atoms with van der Waals surface area (Å²) < 4.78 is 1.17. The maximum Gasteiger partial charge on any atom is 0.0415 e. The molecule has 1 aromatic rings. The summed E-state index contributed by atoms with van der Waals surface area (Å²) in [6.07, 6.45) is 3.90. The van der Waals surface area contributed by atoms with E-state index in [4.69, 9.17) is 0 Å². The van der Waals surface area contributed by atoms with Crippen LogP contribution in [0.15, 0.2) is 22.7 Å². The summed E-state index contributed by atoms with van der Waals surface area (Å²) in [7, 11) is 0. The number of rotatable bonds is 6. The summed E-state index contributed by atoms with van der Waals surface area (Å²) in [5.41, 5.74) is 3.34. The number of nitrogens with one attached hydrogen (secondary N) is 1. The molecule has 1 aliphatic heterocycles. The summed E-state index contributed by atoms with van der Waals surface area (Å²) in [6.45, 7) is 12.5. The number of anilines is 1. The Kier molecular flexibility index (Phi) is 5.73. The predicted octanol–water partition coefficient (Wildman–Crippen LogP) is 5.14. The van der Waals surface area contributed by atoms with E-state index in [0.29, 0.717) is 11.5 Å². The molecule has 1 unspecified atom stereocenters. The smallest absolute Gasteiger partial charge is 0.0415 e. The van der Waals surface area contributed by atoms with E-state index in [9.17, 15) is 0 Å². The molecule has 2 rings (SSSR count). The van der Waals surface area contributed by atoms with Crippen LogP contribution in [0.5, 0.6) is 0 Å².